The Labute approximate surface area is 101 Å². The van der Waals surface area contributed by atoms with Gasteiger partial charge < -0.3 is 10.1 Å². The molecule has 1 aliphatic rings. The summed E-state index contributed by atoms with van der Waals surface area (Å²) >= 11 is 0. The molecule has 0 saturated carbocycles. The lowest BCUT2D eigenvalue weighted by molar-refractivity contribution is 0.178. The fraction of sp³-hybridized carbons (Fsp3) is 0.750. The fourth-order valence-corrected chi connectivity index (χ4v) is 1.99. The maximum Gasteiger partial charge on any atom is 0.215 e. The fourth-order valence-electron chi connectivity index (χ4n) is 1.99. The Morgan fingerprint density at radius 2 is 2.35 bits per heavy atom. The van der Waals surface area contributed by atoms with E-state index in [-0.39, 0.29) is 18.1 Å². The smallest absolute Gasteiger partial charge is 0.215 e. The second-order valence-electron chi connectivity index (χ2n) is 5.45. The minimum atomic E-state index is -0.351. The predicted molar refractivity (Wildman–Crippen MR) is 64.2 cm³/mol. The topological polar surface area (TPSA) is 39.1 Å². The Hall–Kier alpha value is -1.10. The van der Waals surface area contributed by atoms with Gasteiger partial charge in [0, 0.05) is 12.1 Å². The molecule has 2 heterocycles. The van der Waals surface area contributed by atoms with E-state index in [0.717, 1.165) is 18.0 Å². The van der Waals surface area contributed by atoms with Crippen molar-refractivity contribution in [2.24, 2.45) is 0 Å². The van der Waals surface area contributed by atoms with Crippen LogP contribution < -0.4 is 10.1 Å². The van der Waals surface area contributed by atoms with E-state index in [1.807, 2.05) is 10.9 Å². The minimum Gasteiger partial charge on any atom is -0.476 e. The van der Waals surface area contributed by atoms with Crippen LogP contribution in [0.5, 0.6) is 5.88 Å². The Bertz CT molecular complexity index is 384. The van der Waals surface area contributed by atoms with Crippen LogP contribution in [0, 0.1) is 0 Å². The lowest BCUT2D eigenvalue weighted by Crippen LogP contribution is -2.43. The number of halogens is 1. The molecule has 5 heteroatoms. The molecule has 0 spiro atoms. The molecule has 4 nitrogen and oxygen atoms in total. The van der Waals surface area contributed by atoms with Gasteiger partial charge in [0.15, 0.2) is 0 Å². The quantitative estimate of drug-likeness (QED) is 0.871. The van der Waals surface area contributed by atoms with Crippen LogP contribution in [0.15, 0.2) is 6.20 Å². The monoisotopic (exact) mass is 241 g/mol. The summed E-state index contributed by atoms with van der Waals surface area (Å²) in [4.78, 5) is 0. The molecule has 0 amide bonds. The second-order valence-corrected chi connectivity index (χ2v) is 5.45. The van der Waals surface area contributed by atoms with Crippen LogP contribution in [0.25, 0.3) is 0 Å². The molecule has 1 aromatic rings. The van der Waals surface area contributed by atoms with E-state index < -0.39 is 0 Å². The summed E-state index contributed by atoms with van der Waals surface area (Å²) in [6.07, 6.45) is 1.87. The highest BCUT2D eigenvalue weighted by molar-refractivity contribution is 5.32. The van der Waals surface area contributed by atoms with E-state index in [2.05, 4.69) is 31.2 Å². The third-order valence-corrected chi connectivity index (χ3v) is 2.94. The van der Waals surface area contributed by atoms with Gasteiger partial charge in [0.1, 0.15) is 13.3 Å². The lowest BCUT2D eigenvalue weighted by Gasteiger charge is -2.27. The van der Waals surface area contributed by atoms with Crippen LogP contribution in [0.1, 0.15) is 26.3 Å². The van der Waals surface area contributed by atoms with Crippen molar-refractivity contribution in [1.29, 1.82) is 0 Å². The number of hydrogen-bond acceptors (Lipinski definition) is 3. The third-order valence-electron chi connectivity index (χ3n) is 2.94. The number of fused-ring (bicyclic) bond motifs is 1. The van der Waals surface area contributed by atoms with Gasteiger partial charge in [0.05, 0.1) is 18.8 Å². The molecule has 0 aliphatic carbocycles. The normalized spacial score (nSPS) is 19.9. The molecule has 0 fully saturated rings. The van der Waals surface area contributed by atoms with Gasteiger partial charge in [-0.25, -0.2) is 9.07 Å². The second kappa shape index (κ2) is 4.64. The van der Waals surface area contributed by atoms with E-state index in [1.54, 1.807) is 0 Å². The molecule has 1 atom stereocenters. The molecule has 1 aliphatic heterocycles. The predicted octanol–water partition coefficient (Wildman–Crippen LogP) is 1.50. The summed E-state index contributed by atoms with van der Waals surface area (Å²) in [6, 6.07) is 0.144. The van der Waals surface area contributed by atoms with Crippen molar-refractivity contribution in [2.45, 2.75) is 38.8 Å². The van der Waals surface area contributed by atoms with Crippen molar-refractivity contribution < 1.29 is 9.13 Å². The highest BCUT2D eigenvalue weighted by atomic mass is 19.1. The van der Waals surface area contributed by atoms with Gasteiger partial charge in [-0.05, 0) is 5.41 Å². The van der Waals surface area contributed by atoms with Gasteiger partial charge in [-0.1, -0.05) is 20.8 Å². The number of nitrogens with one attached hydrogen (secondary N) is 1. The Morgan fingerprint density at radius 3 is 3.00 bits per heavy atom. The summed E-state index contributed by atoms with van der Waals surface area (Å²) in [5.74, 6) is 0.857. The van der Waals surface area contributed by atoms with Gasteiger partial charge in [-0.15, -0.1) is 0 Å². The molecule has 2 rings (SSSR count). The summed E-state index contributed by atoms with van der Waals surface area (Å²) in [5.41, 5.74) is 1.16. The number of aromatic nitrogens is 2. The van der Waals surface area contributed by atoms with Crippen LogP contribution in [-0.2, 0) is 12.0 Å². The number of hydrogen-bond donors (Lipinski definition) is 1. The lowest BCUT2D eigenvalue weighted by atomic mass is 9.89. The van der Waals surface area contributed by atoms with Crippen molar-refractivity contribution >= 4 is 0 Å². The zero-order chi connectivity index (χ0) is 12.5. The number of rotatable bonds is 3. The van der Waals surface area contributed by atoms with Gasteiger partial charge in [-0.2, -0.15) is 5.10 Å². The highest BCUT2D eigenvalue weighted by Gasteiger charge is 2.28. The summed E-state index contributed by atoms with van der Waals surface area (Å²) in [6.45, 7) is 7.76. The average Bonchev–Trinajstić information content (AvgIpc) is 2.68. The zero-order valence-corrected chi connectivity index (χ0v) is 10.7. The van der Waals surface area contributed by atoms with Crippen LogP contribution in [0.3, 0.4) is 0 Å². The van der Waals surface area contributed by atoms with Crippen LogP contribution >= 0.6 is 0 Å². The zero-order valence-electron chi connectivity index (χ0n) is 10.7. The first kappa shape index (κ1) is 12.4. The van der Waals surface area contributed by atoms with Crippen LogP contribution in [0.2, 0.25) is 0 Å². The van der Waals surface area contributed by atoms with Crippen molar-refractivity contribution in [1.82, 2.24) is 15.1 Å². The first-order valence-corrected chi connectivity index (χ1v) is 6.01. The molecule has 0 saturated heterocycles. The number of ether oxygens (including phenoxy) is 1. The minimum absolute atomic E-state index is 0.0345. The van der Waals surface area contributed by atoms with Crippen molar-refractivity contribution in [3.8, 4) is 5.88 Å². The van der Waals surface area contributed by atoms with E-state index in [1.165, 1.54) is 0 Å². The van der Waals surface area contributed by atoms with Crippen molar-refractivity contribution in [2.75, 3.05) is 19.8 Å². The third kappa shape index (κ3) is 2.60. The van der Waals surface area contributed by atoms with Gasteiger partial charge in [0.2, 0.25) is 5.88 Å². The molecule has 0 bridgehead atoms. The van der Waals surface area contributed by atoms with E-state index in [9.17, 15) is 4.39 Å². The van der Waals surface area contributed by atoms with Crippen molar-refractivity contribution in [3.63, 3.8) is 0 Å². The van der Waals surface area contributed by atoms with Gasteiger partial charge in [-0.3, -0.25) is 0 Å². The number of nitrogens with zero attached hydrogens (tertiary/aromatic N) is 2. The highest BCUT2D eigenvalue weighted by Crippen LogP contribution is 2.32. The molecule has 0 unspecified atom stereocenters. The van der Waals surface area contributed by atoms with E-state index in [4.69, 9.17) is 4.74 Å². The summed E-state index contributed by atoms with van der Waals surface area (Å²) in [7, 11) is 0. The largest absolute Gasteiger partial charge is 0.476 e. The van der Waals surface area contributed by atoms with Crippen molar-refractivity contribution in [3.05, 3.63) is 11.8 Å². The molecule has 0 radical (unpaired) electrons. The first-order chi connectivity index (χ1) is 8.02. The molecule has 1 aromatic heterocycles. The maximum atomic E-state index is 12.1. The Kier molecular flexibility index (Phi) is 3.38. The van der Waals surface area contributed by atoms with Gasteiger partial charge >= 0.3 is 0 Å². The van der Waals surface area contributed by atoms with E-state index >= 15 is 0 Å². The molecule has 17 heavy (non-hydrogen) atoms. The SMILES string of the molecule is CC(C)(C)c1cnn2c1OC[C@@H](NCCF)C2. The molecule has 96 valence electrons. The standard InChI is InChI=1S/C12H20FN3O/c1-12(2,3)10-6-15-16-7-9(14-5-4-13)8-17-11(10)16/h6,9,14H,4-5,7-8H2,1-3H3/t9-/m0/s1. The molecule has 1 N–H and O–H groups in total. The Morgan fingerprint density at radius 1 is 1.59 bits per heavy atom. The Balaban J connectivity index is 2.11. The van der Waals surface area contributed by atoms with E-state index in [0.29, 0.717) is 13.2 Å². The first-order valence-electron chi connectivity index (χ1n) is 6.01. The summed E-state index contributed by atoms with van der Waals surface area (Å²) < 4.78 is 19.7. The number of alkyl halides is 1. The van der Waals surface area contributed by atoms with Gasteiger partial charge in [0.25, 0.3) is 0 Å². The average molecular weight is 241 g/mol. The van der Waals surface area contributed by atoms with Crippen LogP contribution in [0.4, 0.5) is 4.39 Å². The summed E-state index contributed by atoms with van der Waals surface area (Å²) in [5, 5.41) is 7.44. The maximum absolute atomic E-state index is 12.1. The molecule has 0 aromatic carbocycles. The molecular weight excluding hydrogens is 221 g/mol. The molecular formula is C12H20FN3O. The van der Waals surface area contributed by atoms with Crippen LogP contribution in [-0.4, -0.2) is 35.6 Å².